The maximum absolute atomic E-state index is 10.7. The molecule has 0 atom stereocenters. The van der Waals surface area contributed by atoms with Crippen LogP contribution in [0.4, 0.5) is 0 Å². The van der Waals surface area contributed by atoms with E-state index in [1.165, 1.54) is 0 Å². The molecule has 0 spiro atoms. The van der Waals surface area contributed by atoms with Crippen molar-refractivity contribution in [3.8, 4) is 0 Å². The van der Waals surface area contributed by atoms with Crippen LogP contribution in [0.15, 0.2) is 36.7 Å². The summed E-state index contributed by atoms with van der Waals surface area (Å²) >= 11 is 0. The molecule has 0 bridgehead atoms. The number of aryl methyl sites for hydroxylation is 1. The summed E-state index contributed by atoms with van der Waals surface area (Å²) in [6, 6.07) is 8.15. The topological polar surface area (TPSA) is 52.7 Å². The lowest BCUT2D eigenvalue weighted by Crippen LogP contribution is -2.02. The third kappa shape index (κ3) is 2.03. The lowest BCUT2D eigenvalue weighted by atomic mass is 10.2. The zero-order valence-electron chi connectivity index (χ0n) is 10.7. The monoisotopic (exact) mass is 254 g/mol. The van der Waals surface area contributed by atoms with Crippen molar-refractivity contribution in [2.24, 2.45) is 0 Å². The van der Waals surface area contributed by atoms with Crippen LogP contribution in [0.5, 0.6) is 0 Å². The maximum atomic E-state index is 10.7. The summed E-state index contributed by atoms with van der Waals surface area (Å²) in [6.07, 6.45) is 4.09. The SMILES string of the molecule is CCn1nc(Cn2cc(C=O)cn2)c2ccccc21. The summed E-state index contributed by atoms with van der Waals surface area (Å²) in [5.41, 5.74) is 2.68. The average molecular weight is 254 g/mol. The van der Waals surface area contributed by atoms with Crippen LogP contribution < -0.4 is 0 Å². The van der Waals surface area contributed by atoms with Crippen LogP contribution in [0.3, 0.4) is 0 Å². The summed E-state index contributed by atoms with van der Waals surface area (Å²) < 4.78 is 3.72. The van der Waals surface area contributed by atoms with Gasteiger partial charge in [0.2, 0.25) is 0 Å². The number of para-hydroxylation sites is 1. The van der Waals surface area contributed by atoms with E-state index in [0.717, 1.165) is 29.4 Å². The molecule has 0 radical (unpaired) electrons. The van der Waals surface area contributed by atoms with Crippen molar-refractivity contribution in [1.29, 1.82) is 0 Å². The van der Waals surface area contributed by atoms with Gasteiger partial charge in [-0.25, -0.2) is 0 Å². The molecule has 96 valence electrons. The van der Waals surface area contributed by atoms with Gasteiger partial charge in [-0.2, -0.15) is 10.2 Å². The summed E-state index contributed by atoms with van der Waals surface area (Å²) in [6.45, 7) is 3.47. The fraction of sp³-hybridized carbons (Fsp3) is 0.214. The molecule has 0 saturated heterocycles. The van der Waals surface area contributed by atoms with Gasteiger partial charge in [-0.1, -0.05) is 18.2 Å². The number of hydrogen-bond donors (Lipinski definition) is 0. The second-order valence-electron chi connectivity index (χ2n) is 4.37. The molecule has 0 aliphatic heterocycles. The van der Waals surface area contributed by atoms with Gasteiger partial charge in [0, 0.05) is 18.1 Å². The molecule has 0 unspecified atom stereocenters. The minimum absolute atomic E-state index is 0.571. The molecule has 0 amide bonds. The lowest BCUT2D eigenvalue weighted by Gasteiger charge is -1.97. The van der Waals surface area contributed by atoms with Gasteiger partial charge >= 0.3 is 0 Å². The van der Waals surface area contributed by atoms with Gasteiger partial charge in [-0.05, 0) is 13.0 Å². The Balaban J connectivity index is 2.02. The highest BCUT2D eigenvalue weighted by Gasteiger charge is 2.10. The molecular formula is C14H14N4O. The number of nitrogens with zero attached hydrogens (tertiary/aromatic N) is 4. The summed E-state index contributed by atoms with van der Waals surface area (Å²) in [4.78, 5) is 10.7. The van der Waals surface area contributed by atoms with Gasteiger partial charge in [0.05, 0.1) is 29.5 Å². The van der Waals surface area contributed by atoms with E-state index in [0.29, 0.717) is 12.1 Å². The molecule has 2 heterocycles. The summed E-state index contributed by atoms with van der Waals surface area (Å²) in [5, 5.41) is 9.90. The van der Waals surface area contributed by atoms with E-state index in [2.05, 4.69) is 29.3 Å². The van der Waals surface area contributed by atoms with Gasteiger partial charge in [-0.15, -0.1) is 0 Å². The number of carbonyl (C=O) groups excluding carboxylic acids is 1. The van der Waals surface area contributed by atoms with E-state index in [-0.39, 0.29) is 0 Å². The van der Waals surface area contributed by atoms with Crippen molar-refractivity contribution >= 4 is 17.2 Å². The van der Waals surface area contributed by atoms with Crippen molar-refractivity contribution in [2.45, 2.75) is 20.0 Å². The molecule has 0 aliphatic rings. The van der Waals surface area contributed by atoms with Gasteiger partial charge in [-0.3, -0.25) is 14.2 Å². The molecule has 5 heteroatoms. The first-order valence-electron chi connectivity index (χ1n) is 6.24. The minimum atomic E-state index is 0.571. The van der Waals surface area contributed by atoms with E-state index in [1.807, 2.05) is 16.8 Å². The highest BCUT2D eigenvalue weighted by Crippen LogP contribution is 2.19. The Morgan fingerprint density at radius 1 is 1.32 bits per heavy atom. The Morgan fingerprint density at radius 2 is 2.16 bits per heavy atom. The molecule has 3 rings (SSSR count). The number of aldehydes is 1. The zero-order valence-corrected chi connectivity index (χ0v) is 10.7. The second kappa shape index (κ2) is 4.68. The molecule has 0 aliphatic carbocycles. The van der Waals surface area contributed by atoms with Crippen LogP contribution in [0.25, 0.3) is 10.9 Å². The summed E-state index contributed by atoms with van der Waals surface area (Å²) in [5.74, 6) is 0. The Morgan fingerprint density at radius 3 is 2.89 bits per heavy atom. The molecular weight excluding hydrogens is 240 g/mol. The van der Waals surface area contributed by atoms with Crippen LogP contribution in [0, 0.1) is 0 Å². The average Bonchev–Trinajstić information content (AvgIpc) is 3.04. The van der Waals surface area contributed by atoms with Crippen molar-refractivity contribution in [3.63, 3.8) is 0 Å². The van der Waals surface area contributed by atoms with Crippen molar-refractivity contribution in [3.05, 3.63) is 47.9 Å². The Hall–Kier alpha value is -2.43. The van der Waals surface area contributed by atoms with E-state index < -0.39 is 0 Å². The van der Waals surface area contributed by atoms with E-state index in [1.54, 1.807) is 17.1 Å². The number of hydrogen-bond acceptors (Lipinski definition) is 3. The van der Waals surface area contributed by atoms with Crippen LogP contribution in [-0.4, -0.2) is 25.8 Å². The zero-order chi connectivity index (χ0) is 13.2. The van der Waals surface area contributed by atoms with Crippen LogP contribution in [-0.2, 0) is 13.1 Å². The fourth-order valence-electron chi connectivity index (χ4n) is 2.23. The van der Waals surface area contributed by atoms with Crippen LogP contribution >= 0.6 is 0 Å². The van der Waals surface area contributed by atoms with Crippen molar-refractivity contribution < 1.29 is 4.79 Å². The van der Waals surface area contributed by atoms with E-state index >= 15 is 0 Å². The first kappa shape index (κ1) is 11.6. The largest absolute Gasteiger partial charge is 0.298 e. The Labute approximate surface area is 110 Å². The molecule has 0 fully saturated rings. The van der Waals surface area contributed by atoms with Gasteiger partial charge in [0.1, 0.15) is 0 Å². The van der Waals surface area contributed by atoms with Gasteiger partial charge in [0.25, 0.3) is 0 Å². The molecule has 3 aromatic rings. The predicted molar refractivity (Wildman–Crippen MR) is 72.1 cm³/mol. The van der Waals surface area contributed by atoms with E-state index in [9.17, 15) is 4.79 Å². The molecule has 1 aromatic carbocycles. The number of aromatic nitrogens is 4. The standard InChI is InChI=1S/C14H14N4O/c1-2-18-14-6-4-3-5-12(14)13(16-18)9-17-8-11(10-19)7-15-17/h3-8,10H,2,9H2,1H3. The highest BCUT2D eigenvalue weighted by molar-refractivity contribution is 5.82. The second-order valence-corrected chi connectivity index (χ2v) is 4.37. The Bertz CT molecular complexity index is 726. The fourth-order valence-corrected chi connectivity index (χ4v) is 2.23. The number of carbonyl (C=O) groups is 1. The molecule has 0 N–H and O–H groups in total. The smallest absolute Gasteiger partial charge is 0.153 e. The van der Waals surface area contributed by atoms with Crippen molar-refractivity contribution in [1.82, 2.24) is 19.6 Å². The summed E-state index contributed by atoms with van der Waals surface area (Å²) in [7, 11) is 0. The van der Waals surface area contributed by atoms with Crippen LogP contribution in [0.1, 0.15) is 23.0 Å². The molecule has 0 saturated carbocycles. The predicted octanol–water partition coefficient (Wildman–Crippen LogP) is 2.11. The van der Waals surface area contributed by atoms with Crippen LogP contribution in [0.2, 0.25) is 0 Å². The normalized spacial score (nSPS) is 11.0. The molecule has 5 nitrogen and oxygen atoms in total. The third-order valence-corrected chi connectivity index (χ3v) is 3.14. The third-order valence-electron chi connectivity index (χ3n) is 3.14. The molecule has 19 heavy (non-hydrogen) atoms. The Kier molecular flexibility index (Phi) is 2.87. The van der Waals surface area contributed by atoms with Gasteiger partial charge < -0.3 is 0 Å². The highest BCUT2D eigenvalue weighted by atomic mass is 16.1. The number of fused-ring (bicyclic) bond motifs is 1. The first-order valence-corrected chi connectivity index (χ1v) is 6.24. The van der Waals surface area contributed by atoms with Crippen molar-refractivity contribution in [2.75, 3.05) is 0 Å². The minimum Gasteiger partial charge on any atom is -0.298 e. The number of benzene rings is 1. The quantitative estimate of drug-likeness (QED) is 0.670. The number of rotatable bonds is 4. The van der Waals surface area contributed by atoms with Gasteiger partial charge in [0.15, 0.2) is 6.29 Å². The lowest BCUT2D eigenvalue weighted by molar-refractivity contribution is 0.112. The first-order chi connectivity index (χ1) is 9.31. The molecule has 2 aromatic heterocycles. The van der Waals surface area contributed by atoms with E-state index in [4.69, 9.17) is 0 Å². The maximum Gasteiger partial charge on any atom is 0.153 e.